The summed E-state index contributed by atoms with van der Waals surface area (Å²) in [5, 5.41) is 2.87. The van der Waals surface area contributed by atoms with Gasteiger partial charge in [-0.2, -0.15) is 0 Å². The number of hydrogen-bond acceptors (Lipinski definition) is 4. The lowest BCUT2D eigenvalue weighted by Crippen LogP contribution is -2.30. The van der Waals surface area contributed by atoms with Crippen molar-refractivity contribution < 1.29 is 23.4 Å². The maximum Gasteiger partial charge on any atom is 0.257 e. The molecule has 0 saturated heterocycles. The summed E-state index contributed by atoms with van der Waals surface area (Å²) in [5.41, 5.74) is 0.963. The first kappa shape index (κ1) is 20.3. The van der Waals surface area contributed by atoms with Crippen molar-refractivity contribution >= 4 is 33.4 Å². The van der Waals surface area contributed by atoms with Crippen LogP contribution in [0.1, 0.15) is 5.56 Å². The Kier molecular flexibility index (Phi) is 7.53. The number of carbonyl (C=O) groups excluding carboxylic acids is 1. The van der Waals surface area contributed by atoms with E-state index in [4.69, 9.17) is 25.8 Å². The Balaban J connectivity index is 1.84. The van der Waals surface area contributed by atoms with E-state index in [2.05, 4.69) is 21.2 Å². The van der Waals surface area contributed by atoms with Gasteiger partial charge in [0.05, 0.1) is 19.2 Å². The molecular weight excluding hydrogens is 429 g/mol. The van der Waals surface area contributed by atoms with Gasteiger partial charge in [-0.25, -0.2) is 4.39 Å². The lowest BCUT2D eigenvalue weighted by Gasteiger charge is -2.12. The number of amides is 1. The number of hydrogen-bond donors (Lipinski definition) is 1. The fourth-order valence-electron chi connectivity index (χ4n) is 2.21. The normalized spacial score (nSPS) is 10.3. The highest BCUT2D eigenvalue weighted by atomic mass is 79.9. The van der Waals surface area contributed by atoms with Gasteiger partial charge in [-0.3, -0.25) is 4.79 Å². The van der Waals surface area contributed by atoms with Crippen LogP contribution in [-0.2, 0) is 11.2 Å². The highest BCUT2D eigenvalue weighted by Crippen LogP contribution is 2.33. The van der Waals surface area contributed by atoms with E-state index in [1.807, 2.05) is 12.1 Å². The first-order valence-corrected chi connectivity index (χ1v) is 8.86. The summed E-state index contributed by atoms with van der Waals surface area (Å²) < 4.78 is 29.6. The van der Waals surface area contributed by atoms with Crippen LogP contribution in [0.2, 0.25) is 5.02 Å². The molecule has 0 unspecified atom stereocenters. The van der Waals surface area contributed by atoms with Gasteiger partial charge in [0, 0.05) is 11.0 Å². The van der Waals surface area contributed by atoms with Crippen molar-refractivity contribution in [1.82, 2.24) is 5.32 Å². The average Bonchev–Trinajstić information content (AvgIpc) is 2.62. The smallest absolute Gasteiger partial charge is 0.257 e. The van der Waals surface area contributed by atoms with Crippen molar-refractivity contribution in [3.63, 3.8) is 0 Å². The zero-order valence-electron chi connectivity index (χ0n) is 14.3. The number of ether oxygens (including phenoxy) is 3. The second-order valence-corrected chi connectivity index (χ2v) is 6.52. The van der Waals surface area contributed by atoms with E-state index in [1.54, 1.807) is 14.2 Å². The standard InChI is InChI=1S/C18H18BrClFNO4/c1-24-16-7-11(13(19)9-17(16)25-2)5-6-22-18(23)10-26-15-4-3-12(21)8-14(15)20/h3-4,7-9H,5-6,10H2,1-2H3,(H,22,23). The van der Waals surface area contributed by atoms with Crippen molar-refractivity contribution in [2.75, 3.05) is 27.4 Å². The first-order valence-electron chi connectivity index (χ1n) is 7.69. The molecular formula is C18H18BrClFNO4. The second kappa shape index (κ2) is 9.64. The summed E-state index contributed by atoms with van der Waals surface area (Å²) in [6.07, 6.45) is 0.587. The summed E-state index contributed by atoms with van der Waals surface area (Å²) in [6, 6.07) is 7.39. The van der Waals surface area contributed by atoms with Crippen molar-refractivity contribution in [1.29, 1.82) is 0 Å². The number of nitrogens with one attached hydrogen (secondary N) is 1. The fraction of sp³-hybridized carbons (Fsp3) is 0.278. The van der Waals surface area contributed by atoms with Gasteiger partial charge >= 0.3 is 0 Å². The molecule has 2 aromatic carbocycles. The molecule has 0 fully saturated rings. The van der Waals surface area contributed by atoms with E-state index in [-0.39, 0.29) is 23.3 Å². The number of benzene rings is 2. The SMILES string of the molecule is COc1cc(Br)c(CCNC(=O)COc2ccc(F)cc2Cl)cc1OC. The molecule has 0 atom stereocenters. The number of methoxy groups -OCH3 is 2. The molecule has 2 rings (SSSR count). The van der Waals surface area contributed by atoms with Crippen LogP contribution in [0.4, 0.5) is 4.39 Å². The van der Waals surface area contributed by atoms with E-state index >= 15 is 0 Å². The monoisotopic (exact) mass is 445 g/mol. The summed E-state index contributed by atoms with van der Waals surface area (Å²) >= 11 is 9.32. The zero-order valence-corrected chi connectivity index (χ0v) is 16.6. The highest BCUT2D eigenvalue weighted by Gasteiger charge is 2.11. The zero-order chi connectivity index (χ0) is 19.1. The maximum absolute atomic E-state index is 13.0. The Hall–Kier alpha value is -1.99. The quantitative estimate of drug-likeness (QED) is 0.666. The van der Waals surface area contributed by atoms with E-state index in [1.165, 1.54) is 12.1 Å². The minimum Gasteiger partial charge on any atom is -0.493 e. The molecule has 0 saturated carbocycles. The topological polar surface area (TPSA) is 56.8 Å². The molecule has 0 aliphatic rings. The van der Waals surface area contributed by atoms with Crippen molar-refractivity contribution in [2.45, 2.75) is 6.42 Å². The number of halogens is 3. The Morgan fingerprint density at radius 3 is 2.50 bits per heavy atom. The third-order valence-electron chi connectivity index (χ3n) is 3.52. The van der Waals surface area contributed by atoms with Crippen LogP contribution in [-0.4, -0.2) is 33.3 Å². The molecule has 0 aromatic heterocycles. The summed E-state index contributed by atoms with van der Waals surface area (Å²) in [4.78, 5) is 11.9. The van der Waals surface area contributed by atoms with Gasteiger partial charge in [0.15, 0.2) is 18.1 Å². The minimum absolute atomic E-state index is 0.118. The van der Waals surface area contributed by atoms with E-state index in [0.717, 1.165) is 16.1 Å². The molecule has 0 radical (unpaired) electrons. The first-order chi connectivity index (χ1) is 12.4. The molecule has 0 aliphatic carbocycles. The van der Waals surface area contributed by atoms with Gasteiger partial charge in [-0.1, -0.05) is 27.5 Å². The van der Waals surface area contributed by atoms with Gasteiger partial charge in [0.2, 0.25) is 0 Å². The van der Waals surface area contributed by atoms with E-state index < -0.39 is 5.82 Å². The molecule has 140 valence electrons. The predicted octanol–water partition coefficient (Wildman–Crippen LogP) is 4.00. The number of carbonyl (C=O) groups is 1. The molecule has 1 N–H and O–H groups in total. The summed E-state index contributed by atoms with van der Waals surface area (Å²) in [5.74, 6) is 0.725. The molecule has 2 aromatic rings. The lowest BCUT2D eigenvalue weighted by molar-refractivity contribution is -0.123. The Morgan fingerprint density at radius 2 is 1.85 bits per heavy atom. The van der Waals surface area contributed by atoms with Crippen LogP contribution in [0.5, 0.6) is 17.2 Å². The van der Waals surface area contributed by atoms with Crippen molar-refractivity contribution in [3.8, 4) is 17.2 Å². The molecule has 1 amide bonds. The largest absolute Gasteiger partial charge is 0.493 e. The van der Waals surface area contributed by atoms with Crippen molar-refractivity contribution in [3.05, 3.63) is 51.2 Å². The van der Waals surface area contributed by atoms with Gasteiger partial charge in [0.1, 0.15) is 11.6 Å². The van der Waals surface area contributed by atoms with Crippen molar-refractivity contribution in [2.24, 2.45) is 0 Å². The number of rotatable bonds is 8. The third kappa shape index (κ3) is 5.51. The second-order valence-electron chi connectivity index (χ2n) is 5.26. The average molecular weight is 447 g/mol. The van der Waals surface area contributed by atoms with Gasteiger partial charge < -0.3 is 19.5 Å². The predicted molar refractivity (Wildman–Crippen MR) is 101 cm³/mol. The van der Waals surface area contributed by atoms with Gasteiger partial charge in [-0.15, -0.1) is 0 Å². The molecule has 0 aliphatic heterocycles. The molecule has 0 heterocycles. The third-order valence-corrected chi connectivity index (χ3v) is 4.56. The Labute approximate surface area is 164 Å². The van der Waals surface area contributed by atoms with Crippen LogP contribution in [0, 0.1) is 5.82 Å². The molecule has 0 bridgehead atoms. The summed E-state index contributed by atoms with van der Waals surface area (Å²) in [7, 11) is 3.13. The lowest BCUT2D eigenvalue weighted by atomic mass is 10.1. The van der Waals surface area contributed by atoms with E-state index in [9.17, 15) is 9.18 Å². The maximum atomic E-state index is 13.0. The van der Waals surface area contributed by atoms with Gasteiger partial charge in [-0.05, 0) is 42.3 Å². The van der Waals surface area contributed by atoms with Crippen LogP contribution >= 0.6 is 27.5 Å². The fourth-order valence-corrected chi connectivity index (χ4v) is 2.95. The van der Waals surface area contributed by atoms with Gasteiger partial charge in [0.25, 0.3) is 5.91 Å². The molecule has 26 heavy (non-hydrogen) atoms. The van der Waals surface area contributed by atoms with E-state index in [0.29, 0.717) is 24.5 Å². The Bertz CT molecular complexity index is 788. The summed E-state index contributed by atoms with van der Waals surface area (Å²) in [6.45, 7) is 0.200. The minimum atomic E-state index is -0.465. The van der Waals surface area contributed by atoms with Crippen LogP contribution in [0.3, 0.4) is 0 Å². The van der Waals surface area contributed by atoms with Crippen LogP contribution < -0.4 is 19.5 Å². The van der Waals surface area contributed by atoms with Crippen LogP contribution in [0.15, 0.2) is 34.8 Å². The van der Waals surface area contributed by atoms with Crippen LogP contribution in [0.25, 0.3) is 0 Å². The molecule has 0 spiro atoms. The molecule has 5 nitrogen and oxygen atoms in total. The highest BCUT2D eigenvalue weighted by molar-refractivity contribution is 9.10. The molecule has 8 heteroatoms. The Morgan fingerprint density at radius 1 is 1.15 bits per heavy atom.